The van der Waals surface area contributed by atoms with Gasteiger partial charge in [0.1, 0.15) is 11.5 Å². The highest BCUT2D eigenvalue weighted by Crippen LogP contribution is 2.59. The zero-order chi connectivity index (χ0) is 20.7. The van der Waals surface area contributed by atoms with Crippen LogP contribution in [0.3, 0.4) is 0 Å². The Bertz CT molecular complexity index is 830. The third-order valence-corrected chi connectivity index (χ3v) is 8.37. The Morgan fingerprint density at radius 1 is 1.20 bits per heavy atom. The molecule has 4 atom stereocenters. The topological polar surface area (TPSA) is 55.8 Å². The van der Waals surface area contributed by atoms with Gasteiger partial charge < -0.3 is 9.47 Å². The molecule has 0 unspecified atom stereocenters. The Kier molecular flexibility index (Phi) is 5.44. The Hall–Kier alpha value is -1.72. The van der Waals surface area contributed by atoms with Crippen LogP contribution in [0.1, 0.15) is 62.5 Å². The highest BCUT2D eigenvalue weighted by Gasteiger charge is 2.54. The first-order chi connectivity index (χ1) is 14.5. The van der Waals surface area contributed by atoms with E-state index in [9.17, 15) is 9.59 Å². The molecule has 5 heteroatoms. The number of Topliss-reactive ketones (excluding diaryl/α,β-unsaturated/α-hetero) is 1. The van der Waals surface area contributed by atoms with E-state index < -0.39 is 0 Å². The number of morpholine rings is 1. The maximum atomic E-state index is 12.5. The van der Waals surface area contributed by atoms with Gasteiger partial charge in [0.2, 0.25) is 0 Å². The summed E-state index contributed by atoms with van der Waals surface area (Å²) < 4.78 is 11.0. The molecular weight excluding hydrogens is 378 g/mol. The van der Waals surface area contributed by atoms with Crippen molar-refractivity contribution in [3.8, 4) is 5.75 Å². The summed E-state index contributed by atoms with van der Waals surface area (Å²) in [6.07, 6.45) is 6.57. The fourth-order valence-corrected chi connectivity index (χ4v) is 6.65. The smallest absolute Gasteiger partial charge is 0.312 e. The zero-order valence-corrected chi connectivity index (χ0v) is 18.0. The SMILES string of the molecule is C[C@]12CC[C@H]3c4ccc(OC(=O)CCN5CCOCC5)cc4CC[C@H]3[C@H]1CCC2=O. The lowest BCUT2D eigenvalue weighted by Crippen LogP contribution is -2.42. The molecule has 1 saturated heterocycles. The van der Waals surface area contributed by atoms with Crippen LogP contribution in [0.15, 0.2) is 18.2 Å². The molecule has 1 heterocycles. The lowest BCUT2D eigenvalue weighted by molar-refractivity contribution is -0.135. The van der Waals surface area contributed by atoms with Crippen LogP contribution in [-0.4, -0.2) is 49.5 Å². The fraction of sp³-hybridized carbons (Fsp3) is 0.680. The monoisotopic (exact) mass is 411 g/mol. The summed E-state index contributed by atoms with van der Waals surface area (Å²) in [5.41, 5.74) is 2.69. The van der Waals surface area contributed by atoms with E-state index in [1.165, 1.54) is 11.1 Å². The van der Waals surface area contributed by atoms with Crippen molar-refractivity contribution in [2.45, 2.75) is 57.8 Å². The number of nitrogens with zero attached hydrogens (tertiary/aromatic N) is 1. The van der Waals surface area contributed by atoms with Gasteiger partial charge in [-0.3, -0.25) is 14.5 Å². The number of benzene rings is 1. The van der Waals surface area contributed by atoms with Crippen molar-refractivity contribution in [1.29, 1.82) is 0 Å². The molecule has 0 bridgehead atoms. The molecule has 0 amide bonds. The molecule has 5 rings (SSSR count). The average molecular weight is 412 g/mol. The van der Waals surface area contributed by atoms with E-state index in [4.69, 9.17) is 9.47 Å². The third-order valence-electron chi connectivity index (χ3n) is 8.37. The van der Waals surface area contributed by atoms with Crippen molar-refractivity contribution in [3.05, 3.63) is 29.3 Å². The van der Waals surface area contributed by atoms with Crippen LogP contribution in [0.25, 0.3) is 0 Å². The molecule has 0 aromatic heterocycles. The summed E-state index contributed by atoms with van der Waals surface area (Å²) in [6, 6.07) is 6.25. The second-order valence-corrected chi connectivity index (χ2v) is 9.87. The van der Waals surface area contributed by atoms with Crippen LogP contribution >= 0.6 is 0 Å². The number of fused-ring (bicyclic) bond motifs is 5. The molecule has 162 valence electrons. The van der Waals surface area contributed by atoms with E-state index in [2.05, 4.69) is 24.0 Å². The van der Waals surface area contributed by atoms with Gasteiger partial charge in [0, 0.05) is 31.5 Å². The minimum atomic E-state index is -0.159. The molecule has 1 aliphatic heterocycles. The van der Waals surface area contributed by atoms with Gasteiger partial charge in [0.15, 0.2) is 0 Å². The molecule has 1 aromatic rings. The first-order valence-corrected chi connectivity index (χ1v) is 11.7. The van der Waals surface area contributed by atoms with E-state index >= 15 is 0 Å². The van der Waals surface area contributed by atoms with Gasteiger partial charge in [-0.1, -0.05) is 13.0 Å². The Morgan fingerprint density at radius 3 is 2.87 bits per heavy atom. The van der Waals surface area contributed by atoms with Crippen molar-refractivity contribution in [2.24, 2.45) is 17.3 Å². The molecule has 0 radical (unpaired) electrons. The Labute approximate surface area is 179 Å². The summed E-state index contributed by atoms with van der Waals surface area (Å²) in [4.78, 5) is 27.1. The van der Waals surface area contributed by atoms with Gasteiger partial charge in [0.25, 0.3) is 0 Å². The predicted octanol–water partition coefficient (Wildman–Crippen LogP) is 3.74. The number of aryl methyl sites for hydroxylation is 1. The molecular formula is C25H33NO4. The lowest BCUT2D eigenvalue weighted by Gasteiger charge is -2.48. The molecule has 4 aliphatic rings. The van der Waals surface area contributed by atoms with E-state index in [1.807, 2.05) is 6.07 Å². The second kappa shape index (κ2) is 8.08. The number of ketones is 1. The average Bonchev–Trinajstić information content (AvgIpc) is 3.07. The van der Waals surface area contributed by atoms with Gasteiger partial charge in [0.05, 0.1) is 19.6 Å². The summed E-state index contributed by atoms with van der Waals surface area (Å²) >= 11 is 0. The van der Waals surface area contributed by atoms with Crippen LogP contribution in [0, 0.1) is 17.3 Å². The number of carbonyl (C=O) groups is 2. The molecule has 1 aromatic carbocycles. The van der Waals surface area contributed by atoms with Crippen molar-refractivity contribution in [1.82, 2.24) is 4.90 Å². The van der Waals surface area contributed by atoms with E-state index in [-0.39, 0.29) is 11.4 Å². The molecule has 3 fully saturated rings. The van der Waals surface area contributed by atoms with Crippen molar-refractivity contribution in [2.75, 3.05) is 32.8 Å². The number of carbonyl (C=O) groups excluding carboxylic acids is 2. The first-order valence-electron chi connectivity index (χ1n) is 11.7. The lowest BCUT2D eigenvalue weighted by atomic mass is 9.55. The molecule has 0 spiro atoms. The standard InChI is InChI=1S/C25H33NO4/c1-25-10-8-20-19-5-3-18(30-24(28)9-11-26-12-14-29-15-13-26)16-17(19)2-4-21(20)22(25)6-7-23(25)27/h3,5,16,20-22H,2,4,6-15H2,1H3/t20-,21+,22+,25-/m0/s1. The molecule has 30 heavy (non-hydrogen) atoms. The van der Waals surface area contributed by atoms with Gasteiger partial charge in [-0.25, -0.2) is 0 Å². The summed E-state index contributed by atoms with van der Waals surface area (Å²) in [7, 11) is 0. The minimum absolute atomic E-state index is 0.0748. The van der Waals surface area contributed by atoms with Gasteiger partial charge >= 0.3 is 5.97 Å². The quantitative estimate of drug-likeness (QED) is 0.558. The highest BCUT2D eigenvalue weighted by atomic mass is 16.5. The molecule has 5 nitrogen and oxygen atoms in total. The largest absolute Gasteiger partial charge is 0.426 e. The van der Waals surface area contributed by atoms with Crippen LogP contribution in [0.2, 0.25) is 0 Å². The van der Waals surface area contributed by atoms with E-state index in [0.717, 1.165) is 71.4 Å². The predicted molar refractivity (Wildman–Crippen MR) is 114 cm³/mol. The van der Waals surface area contributed by atoms with Crippen LogP contribution < -0.4 is 4.74 Å². The second-order valence-electron chi connectivity index (χ2n) is 9.87. The maximum absolute atomic E-state index is 12.5. The molecule has 0 N–H and O–H groups in total. The van der Waals surface area contributed by atoms with Crippen LogP contribution in [0.4, 0.5) is 0 Å². The van der Waals surface area contributed by atoms with E-state index in [1.54, 1.807) is 0 Å². The first kappa shape index (κ1) is 20.2. The Morgan fingerprint density at radius 2 is 2.03 bits per heavy atom. The third kappa shape index (κ3) is 3.60. The summed E-state index contributed by atoms with van der Waals surface area (Å²) in [5.74, 6) is 2.75. The van der Waals surface area contributed by atoms with Crippen molar-refractivity contribution >= 4 is 11.8 Å². The van der Waals surface area contributed by atoms with Crippen LogP contribution in [0.5, 0.6) is 5.75 Å². The normalized spacial score (nSPS) is 33.5. The number of hydrogen-bond donors (Lipinski definition) is 0. The van der Waals surface area contributed by atoms with Gasteiger partial charge in [-0.15, -0.1) is 0 Å². The molecule has 2 saturated carbocycles. The minimum Gasteiger partial charge on any atom is -0.426 e. The number of ether oxygens (including phenoxy) is 2. The van der Waals surface area contributed by atoms with Gasteiger partial charge in [-0.2, -0.15) is 0 Å². The summed E-state index contributed by atoms with van der Waals surface area (Å²) in [5, 5.41) is 0. The number of esters is 1. The number of rotatable bonds is 4. The van der Waals surface area contributed by atoms with Crippen molar-refractivity contribution < 1.29 is 19.1 Å². The molecule has 3 aliphatic carbocycles. The number of hydrogen-bond acceptors (Lipinski definition) is 5. The van der Waals surface area contributed by atoms with Gasteiger partial charge in [-0.05, 0) is 73.1 Å². The van der Waals surface area contributed by atoms with E-state index in [0.29, 0.717) is 35.7 Å². The summed E-state index contributed by atoms with van der Waals surface area (Å²) in [6.45, 7) is 6.22. The maximum Gasteiger partial charge on any atom is 0.312 e. The van der Waals surface area contributed by atoms with Crippen molar-refractivity contribution in [3.63, 3.8) is 0 Å². The Balaban J connectivity index is 1.23. The highest BCUT2D eigenvalue weighted by molar-refractivity contribution is 5.87. The fourth-order valence-electron chi connectivity index (χ4n) is 6.65. The van der Waals surface area contributed by atoms with Crippen LogP contribution in [-0.2, 0) is 20.7 Å². The zero-order valence-electron chi connectivity index (χ0n) is 18.0.